The van der Waals surface area contributed by atoms with Crippen molar-refractivity contribution in [2.75, 3.05) is 6.54 Å². The summed E-state index contributed by atoms with van der Waals surface area (Å²) in [6.45, 7) is 2.53. The Labute approximate surface area is 197 Å². The minimum absolute atomic E-state index is 0.0699. The van der Waals surface area contributed by atoms with Crippen LogP contribution < -0.4 is 0 Å². The lowest BCUT2D eigenvalue weighted by atomic mass is 9.75. The molecule has 2 heterocycles. The molecule has 3 atom stereocenters. The van der Waals surface area contributed by atoms with E-state index >= 15 is 0 Å². The molecule has 1 aliphatic carbocycles. The van der Waals surface area contributed by atoms with Gasteiger partial charge in [-0.1, -0.05) is 47.5 Å². The van der Waals surface area contributed by atoms with E-state index in [1.807, 2.05) is 42.5 Å². The zero-order valence-electron chi connectivity index (χ0n) is 17.9. The fourth-order valence-electron chi connectivity index (χ4n) is 4.84. The second kappa shape index (κ2) is 8.87. The van der Waals surface area contributed by atoms with Crippen LogP contribution in [-0.4, -0.2) is 27.5 Å². The van der Waals surface area contributed by atoms with Crippen LogP contribution in [0, 0.1) is 18.8 Å². The summed E-state index contributed by atoms with van der Waals surface area (Å²) in [4.78, 5) is 15.9. The summed E-state index contributed by atoms with van der Waals surface area (Å²) < 4.78 is 5.62. The van der Waals surface area contributed by atoms with Gasteiger partial charge in [-0.25, -0.2) is 0 Å². The van der Waals surface area contributed by atoms with Crippen LogP contribution in [0.25, 0.3) is 0 Å². The third-order valence-electron chi connectivity index (χ3n) is 6.52. The van der Waals surface area contributed by atoms with Crippen LogP contribution in [-0.2, 0) is 11.2 Å². The number of piperidine rings is 1. The van der Waals surface area contributed by atoms with Crippen LogP contribution in [0.4, 0.5) is 0 Å². The average Bonchev–Trinajstić information content (AvgIpc) is 3.50. The maximum absolute atomic E-state index is 13.8. The molecule has 7 heteroatoms. The first-order valence-electron chi connectivity index (χ1n) is 11.1. The highest BCUT2D eigenvalue weighted by atomic mass is 35.5. The lowest BCUT2D eigenvalue weighted by Gasteiger charge is -2.45. The van der Waals surface area contributed by atoms with Crippen molar-refractivity contribution < 1.29 is 9.21 Å². The molecule has 2 aliphatic rings. The first kappa shape index (κ1) is 21.5. The summed E-state index contributed by atoms with van der Waals surface area (Å²) >= 11 is 12.6. The van der Waals surface area contributed by atoms with E-state index in [-0.39, 0.29) is 23.8 Å². The Balaban J connectivity index is 1.56. The molecule has 2 fully saturated rings. The van der Waals surface area contributed by atoms with Gasteiger partial charge in [0.05, 0.1) is 6.04 Å². The maximum Gasteiger partial charge on any atom is 0.226 e. The third-order valence-corrected chi connectivity index (χ3v) is 7.00. The summed E-state index contributed by atoms with van der Waals surface area (Å²) in [5.41, 5.74) is 2.23. The smallest absolute Gasteiger partial charge is 0.226 e. The second-order valence-corrected chi connectivity index (χ2v) is 9.82. The fourth-order valence-corrected chi connectivity index (χ4v) is 5.16. The summed E-state index contributed by atoms with van der Waals surface area (Å²) in [6, 6.07) is 15.8. The molecule has 1 amide bonds. The number of carbonyl (C=O) groups excluding carboxylic acids is 1. The highest BCUT2D eigenvalue weighted by Crippen LogP contribution is 2.47. The van der Waals surface area contributed by atoms with Gasteiger partial charge in [0.1, 0.15) is 0 Å². The van der Waals surface area contributed by atoms with E-state index in [9.17, 15) is 4.79 Å². The largest absolute Gasteiger partial charge is 0.426 e. The predicted octanol–water partition coefficient (Wildman–Crippen LogP) is 6.01. The Bertz CT molecular complexity index is 1110. The van der Waals surface area contributed by atoms with Gasteiger partial charge in [0.2, 0.25) is 17.7 Å². The first-order valence-corrected chi connectivity index (χ1v) is 11.8. The van der Waals surface area contributed by atoms with Crippen molar-refractivity contribution in [2.45, 2.75) is 44.6 Å². The molecular formula is C25H25Cl2N3O2. The number of nitrogens with zero attached hydrogens (tertiary/aromatic N) is 3. The number of likely N-dealkylation sites (tertiary alicyclic amines) is 1. The van der Waals surface area contributed by atoms with Crippen molar-refractivity contribution in [2.24, 2.45) is 11.8 Å². The zero-order valence-corrected chi connectivity index (χ0v) is 19.4. The third kappa shape index (κ3) is 4.55. The van der Waals surface area contributed by atoms with Gasteiger partial charge < -0.3 is 9.32 Å². The van der Waals surface area contributed by atoms with Crippen molar-refractivity contribution in [3.63, 3.8) is 0 Å². The minimum Gasteiger partial charge on any atom is -0.426 e. The summed E-state index contributed by atoms with van der Waals surface area (Å²) in [5, 5.41) is 9.48. The number of aryl methyl sites for hydroxylation is 1. The number of hydrogen-bond donors (Lipinski definition) is 0. The molecule has 1 aliphatic heterocycles. The van der Waals surface area contributed by atoms with E-state index in [1.165, 1.54) is 12.8 Å². The minimum atomic E-state index is -0.221. The molecule has 0 radical (unpaired) electrons. The first-order chi connectivity index (χ1) is 15.5. The average molecular weight is 470 g/mol. The zero-order chi connectivity index (χ0) is 22.2. The highest BCUT2D eigenvalue weighted by molar-refractivity contribution is 6.30. The SMILES string of the molecule is Cc1nnc(C[C@H]2CC(c3cccc(Cl)c3)[C@@H](c3ccc(Cl)cc3)N(CC3CC3)C2=O)o1. The van der Waals surface area contributed by atoms with Crippen LogP contribution in [0.1, 0.15) is 54.1 Å². The van der Waals surface area contributed by atoms with Gasteiger partial charge in [-0.05, 0) is 60.6 Å². The van der Waals surface area contributed by atoms with Crippen molar-refractivity contribution >= 4 is 29.1 Å². The summed E-state index contributed by atoms with van der Waals surface area (Å²) in [5.74, 6) is 1.64. The van der Waals surface area contributed by atoms with Gasteiger partial charge in [-0.3, -0.25) is 4.79 Å². The molecule has 3 aromatic rings. The molecule has 1 unspecified atom stereocenters. The van der Waals surface area contributed by atoms with Crippen LogP contribution in [0.2, 0.25) is 10.0 Å². The van der Waals surface area contributed by atoms with Crippen LogP contribution in [0.5, 0.6) is 0 Å². The van der Waals surface area contributed by atoms with Gasteiger partial charge >= 0.3 is 0 Å². The number of carbonyl (C=O) groups is 1. The molecule has 1 saturated heterocycles. The topological polar surface area (TPSA) is 59.2 Å². The molecule has 2 aromatic carbocycles. The van der Waals surface area contributed by atoms with Gasteiger partial charge in [-0.2, -0.15) is 0 Å². The normalized spacial score (nSPS) is 23.5. The number of hydrogen-bond acceptors (Lipinski definition) is 4. The summed E-state index contributed by atoms with van der Waals surface area (Å²) in [7, 11) is 0. The Morgan fingerprint density at radius 2 is 1.81 bits per heavy atom. The number of halogens is 2. The highest BCUT2D eigenvalue weighted by Gasteiger charge is 2.45. The molecule has 5 rings (SSSR count). The molecular weight excluding hydrogens is 445 g/mol. The van der Waals surface area contributed by atoms with Crippen molar-refractivity contribution in [1.82, 2.24) is 15.1 Å². The molecule has 32 heavy (non-hydrogen) atoms. The number of rotatable bonds is 6. The monoisotopic (exact) mass is 469 g/mol. The van der Waals surface area contributed by atoms with Crippen LogP contribution in [0.15, 0.2) is 52.9 Å². The van der Waals surface area contributed by atoms with Crippen molar-refractivity contribution in [3.8, 4) is 0 Å². The predicted molar refractivity (Wildman–Crippen MR) is 124 cm³/mol. The van der Waals surface area contributed by atoms with Gasteiger partial charge in [0, 0.05) is 41.8 Å². The lowest BCUT2D eigenvalue weighted by molar-refractivity contribution is -0.143. The quantitative estimate of drug-likeness (QED) is 0.443. The number of aromatic nitrogens is 2. The van der Waals surface area contributed by atoms with E-state index in [4.69, 9.17) is 27.6 Å². The molecule has 5 nitrogen and oxygen atoms in total. The van der Waals surface area contributed by atoms with E-state index in [2.05, 4.69) is 21.2 Å². The van der Waals surface area contributed by atoms with E-state index in [1.54, 1.807) is 6.92 Å². The van der Waals surface area contributed by atoms with Gasteiger partial charge in [0.15, 0.2) is 0 Å². The fraction of sp³-hybridized carbons (Fsp3) is 0.400. The van der Waals surface area contributed by atoms with Crippen molar-refractivity contribution in [3.05, 3.63) is 81.5 Å². The molecule has 0 spiro atoms. The number of benzene rings is 2. The second-order valence-electron chi connectivity index (χ2n) is 8.94. The Kier molecular flexibility index (Phi) is 5.95. The van der Waals surface area contributed by atoms with Crippen LogP contribution in [0.3, 0.4) is 0 Å². The Hall–Kier alpha value is -2.37. The summed E-state index contributed by atoms with van der Waals surface area (Å²) in [6.07, 6.45) is 3.49. The van der Waals surface area contributed by atoms with Gasteiger partial charge in [0.25, 0.3) is 0 Å². The van der Waals surface area contributed by atoms with Crippen molar-refractivity contribution in [1.29, 1.82) is 0 Å². The molecule has 1 aromatic heterocycles. The van der Waals surface area contributed by atoms with Crippen LogP contribution >= 0.6 is 23.2 Å². The van der Waals surface area contributed by atoms with E-state index in [0.29, 0.717) is 40.6 Å². The molecule has 0 N–H and O–H groups in total. The molecule has 0 bridgehead atoms. The number of amides is 1. The van der Waals surface area contributed by atoms with E-state index in [0.717, 1.165) is 17.7 Å². The maximum atomic E-state index is 13.8. The molecule has 1 saturated carbocycles. The standard InChI is InChI=1S/C25H25Cl2N3O2/c1-15-28-29-23(32-15)13-19-12-22(18-3-2-4-21(27)11-18)24(17-7-9-20(26)10-8-17)30(25(19)31)14-16-5-6-16/h2-4,7-11,16,19,22,24H,5-6,12-14H2,1H3/t19-,22?,24-/m1/s1. The van der Waals surface area contributed by atoms with E-state index < -0.39 is 0 Å². The Morgan fingerprint density at radius 3 is 2.47 bits per heavy atom. The Morgan fingerprint density at radius 1 is 1.03 bits per heavy atom. The van der Waals surface area contributed by atoms with Gasteiger partial charge in [-0.15, -0.1) is 10.2 Å². The molecule has 166 valence electrons. The lowest BCUT2D eigenvalue weighted by Crippen LogP contribution is -2.48.